The Morgan fingerprint density at radius 1 is 0.941 bits per heavy atom. The molecule has 3 rings (SSSR count). The minimum absolute atomic E-state index is 1.14. The van der Waals surface area contributed by atoms with E-state index in [4.69, 9.17) is 0 Å². The van der Waals surface area contributed by atoms with Crippen LogP contribution in [0.4, 0.5) is 0 Å². The molecule has 0 radical (unpaired) electrons. The number of likely N-dealkylation sites (tertiary alicyclic amines) is 1. The third-order valence-electron chi connectivity index (χ3n) is 3.30. The molecule has 0 N–H and O–H groups in total. The van der Waals surface area contributed by atoms with E-state index in [2.05, 4.69) is 47.4 Å². The average Bonchev–Trinajstić information content (AvgIpc) is 3.02. The molecule has 0 amide bonds. The molecule has 2 heteroatoms. The molecule has 1 aromatic carbocycles. The molecule has 1 fully saturated rings. The van der Waals surface area contributed by atoms with Crippen LogP contribution in [0.25, 0.3) is 10.4 Å². The summed E-state index contributed by atoms with van der Waals surface area (Å²) in [5, 5.41) is 0. The summed E-state index contributed by atoms with van der Waals surface area (Å²) in [6.45, 7) is 3.69. The van der Waals surface area contributed by atoms with Gasteiger partial charge in [-0.1, -0.05) is 30.3 Å². The number of thiophene rings is 1. The van der Waals surface area contributed by atoms with Crippen molar-refractivity contribution in [2.45, 2.75) is 19.4 Å². The molecule has 0 aliphatic carbocycles. The molecule has 2 heterocycles. The maximum Gasteiger partial charge on any atom is 0.0346 e. The summed E-state index contributed by atoms with van der Waals surface area (Å²) in [4.78, 5) is 5.44. The summed E-state index contributed by atoms with van der Waals surface area (Å²) in [5.74, 6) is 0. The van der Waals surface area contributed by atoms with Crippen molar-refractivity contribution in [3.63, 3.8) is 0 Å². The van der Waals surface area contributed by atoms with Crippen LogP contribution in [0.3, 0.4) is 0 Å². The molecule has 1 nitrogen and oxygen atoms in total. The minimum atomic E-state index is 1.14. The van der Waals surface area contributed by atoms with Crippen molar-refractivity contribution < 1.29 is 0 Å². The standard InChI is InChI=1S/C15H17NS/c1-2-6-13(7-3-1)15-9-8-14(17-15)12-16-10-4-5-11-16/h1-3,6-9H,4-5,10-12H2. The van der Waals surface area contributed by atoms with Gasteiger partial charge in [-0.15, -0.1) is 11.3 Å². The van der Waals surface area contributed by atoms with Crippen LogP contribution in [-0.4, -0.2) is 18.0 Å². The number of nitrogens with zero attached hydrogens (tertiary/aromatic N) is 1. The van der Waals surface area contributed by atoms with Crippen molar-refractivity contribution in [1.29, 1.82) is 0 Å². The summed E-state index contributed by atoms with van der Waals surface area (Å²) in [5.41, 5.74) is 1.34. The Balaban J connectivity index is 1.74. The van der Waals surface area contributed by atoms with E-state index < -0.39 is 0 Å². The molecular weight excluding hydrogens is 226 g/mol. The van der Waals surface area contributed by atoms with Crippen LogP contribution >= 0.6 is 11.3 Å². The Morgan fingerprint density at radius 2 is 1.71 bits per heavy atom. The Kier molecular flexibility index (Phi) is 3.25. The van der Waals surface area contributed by atoms with Crippen LogP contribution in [0.15, 0.2) is 42.5 Å². The van der Waals surface area contributed by atoms with Crippen molar-refractivity contribution in [3.05, 3.63) is 47.3 Å². The number of hydrogen-bond acceptors (Lipinski definition) is 2. The summed E-state index contributed by atoms with van der Waals surface area (Å²) in [7, 11) is 0. The van der Waals surface area contributed by atoms with Crippen LogP contribution in [0.2, 0.25) is 0 Å². The highest BCUT2D eigenvalue weighted by atomic mass is 32.1. The minimum Gasteiger partial charge on any atom is -0.298 e. The van der Waals surface area contributed by atoms with Crippen molar-refractivity contribution in [1.82, 2.24) is 4.90 Å². The van der Waals surface area contributed by atoms with E-state index in [0.717, 1.165) is 6.54 Å². The topological polar surface area (TPSA) is 3.24 Å². The molecular formula is C15H17NS. The maximum atomic E-state index is 2.56. The fourth-order valence-electron chi connectivity index (χ4n) is 2.38. The van der Waals surface area contributed by atoms with Crippen LogP contribution in [0.1, 0.15) is 17.7 Å². The van der Waals surface area contributed by atoms with Crippen molar-refractivity contribution in [3.8, 4) is 10.4 Å². The Bertz CT molecular complexity index is 469. The van der Waals surface area contributed by atoms with Gasteiger partial charge in [0.25, 0.3) is 0 Å². The van der Waals surface area contributed by atoms with E-state index in [1.54, 1.807) is 0 Å². The second kappa shape index (κ2) is 5.03. The monoisotopic (exact) mass is 243 g/mol. The molecule has 1 aliphatic rings. The smallest absolute Gasteiger partial charge is 0.0346 e. The summed E-state index contributed by atoms with van der Waals surface area (Å²) in [6, 6.07) is 15.2. The van der Waals surface area contributed by atoms with Crippen LogP contribution in [-0.2, 0) is 6.54 Å². The zero-order valence-corrected chi connectivity index (χ0v) is 10.7. The molecule has 1 saturated heterocycles. The molecule has 0 bridgehead atoms. The first kappa shape index (κ1) is 11.0. The predicted molar refractivity (Wildman–Crippen MR) is 74.3 cm³/mol. The lowest BCUT2D eigenvalue weighted by molar-refractivity contribution is 0.334. The Morgan fingerprint density at radius 3 is 2.47 bits per heavy atom. The third-order valence-corrected chi connectivity index (χ3v) is 4.42. The van der Waals surface area contributed by atoms with E-state index >= 15 is 0 Å². The van der Waals surface area contributed by atoms with E-state index in [0.29, 0.717) is 0 Å². The summed E-state index contributed by atoms with van der Waals surface area (Å²) < 4.78 is 0. The Hall–Kier alpha value is -1.12. The highest BCUT2D eigenvalue weighted by molar-refractivity contribution is 7.15. The fourth-order valence-corrected chi connectivity index (χ4v) is 3.44. The predicted octanol–water partition coefficient (Wildman–Crippen LogP) is 4.01. The summed E-state index contributed by atoms with van der Waals surface area (Å²) in [6.07, 6.45) is 2.74. The largest absolute Gasteiger partial charge is 0.298 e. The van der Waals surface area contributed by atoms with Crippen LogP contribution in [0, 0.1) is 0 Å². The van der Waals surface area contributed by atoms with Gasteiger partial charge < -0.3 is 0 Å². The first-order valence-corrected chi connectivity index (χ1v) is 7.10. The lowest BCUT2D eigenvalue weighted by atomic mass is 10.2. The maximum absolute atomic E-state index is 2.56. The third kappa shape index (κ3) is 2.59. The van der Waals surface area contributed by atoms with E-state index in [1.165, 1.54) is 41.2 Å². The number of benzene rings is 1. The molecule has 1 aliphatic heterocycles. The molecule has 0 spiro atoms. The van der Waals surface area contributed by atoms with Gasteiger partial charge in [-0.25, -0.2) is 0 Å². The highest BCUT2D eigenvalue weighted by Gasteiger charge is 2.12. The molecule has 17 heavy (non-hydrogen) atoms. The van der Waals surface area contributed by atoms with Gasteiger partial charge >= 0.3 is 0 Å². The zero-order chi connectivity index (χ0) is 11.5. The first-order valence-electron chi connectivity index (χ1n) is 6.28. The molecule has 0 saturated carbocycles. The lowest BCUT2D eigenvalue weighted by Crippen LogP contribution is -2.17. The van der Waals surface area contributed by atoms with Crippen molar-refractivity contribution >= 4 is 11.3 Å². The Labute approximate surface area is 107 Å². The molecule has 0 unspecified atom stereocenters. The summed E-state index contributed by atoms with van der Waals surface area (Å²) >= 11 is 1.93. The van der Waals surface area contributed by atoms with Crippen molar-refractivity contribution in [2.75, 3.05) is 13.1 Å². The van der Waals surface area contributed by atoms with Gasteiger partial charge in [-0.3, -0.25) is 4.90 Å². The highest BCUT2D eigenvalue weighted by Crippen LogP contribution is 2.29. The van der Waals surface area contributed by atoms with Crippen LogP contribution < -0.4 is 0 Å². The first-order chi connectivity index (χ1) is 8.42. The van der Waals surface area contributed by atoms with Gasteiger partial charge in [0.15, 0.2) is 0 Å². The van der Waals surface area contributed by atoms with E-state index in [-0.39, 0.29) is 0 Å². The normalized spacial score (nSPS) is 16.5. The quantitative estimate of drug-likeness (QED) is 0.787. The van der Waals surface area contributed by atoms with E-state index in [9.17, 15) is 0 Å². The van der Waals surface area contributed by atoms with Gasteiger partial charge in [-0.2, -0.15) is 0 Å². The van der Waals surface area contributed by atoms with Gasteiger partial charge in [0.1, 0.15) is 0 Å². The number of rotatable bonds is 3. The van der Waals surface area contributed by atoms with Crippen LogP contribution in [0.5, 0.6) is 0 Å². The van der Waals surface area contributed by atoms with Crippen molar-refractivity contribution in [2.24, 2.45) is 0 Å². The number of hydrogen-bond donors (Lipinski definition) is 0. The van der Waals surface area contributed by atoms with Gasteiger partial charge in [0.2, 0.25) is 0 Å². The average molecular weight is 243 g/mol. The SMILES string of the molecule is c1ccc(-c2ccc(CN3CCCC3)s2)cc1. The second-order valence-corrected chi connectivity index (χ2v) is 5.78. The molecule has 2 aromatic rings. The molecule has 1 aromatic heterocycles. The van der Waals surface area contributed by atoms with E-state index in [1.807, 2.05) is 11.3 Å². The zero-order valence-electron chi connectivity index (χ0n) is 9.93. The van der Waals surface area contributed by atoms with Gasteiger partial charge in [0, 0.05) is 16.3 Å². The second-order valence-electron chi connectivity index (χ2n) is 4.62. The van der Waals surface area contributed by atoms with Gasteiger partial charge in [-0.05, 0) is 43.6 Å². The molecule has 0 atom stereocenters. The van der Waals surface area contributed by atoms with Gasteiger partial charge in [0.05, 0.1) is 0 Å². The fraction of sp³-hybridized carbons (Fsp3) is 0.333. The molecule has 88 valence electrons. The lowest BCUT2D eigenvalue weighted by Gasteiger charge is -2.12.